The maximum Gasteiger partial charge on any atom is 0.269 e. The lowest BCUT2D eigenvalue weighted by molar-refractivity contribution is -0.384. The van der Waals surface area contributed by atoms with Crippen molar-refractivity contribution in [2.45, 2.75) is 25.5 Å². The van der Waals surface area contributed by atoms with E-state index in [1.165, 1.54) is 35.2 Å². The maximum absolute atomic E-state index is 13.8. The Bertz CT molecular complexity index is 868. The quantitative estimate of drug-likeness (QED) is 0.616. The number of nitro groups is 1. The number of non-ortho nitro benzene ring substituents is 1. The van der Waals surface area contributed by atoms with Crippen LogP contribution in [0.1, 0.15) is 25.5 Å². The predicted molar refractivity (Wildman–Crippen MR) is 89.7 cm³/mol. The SMILES string of the molecule is CC1(C)OCC(=O)N(c2ccc([N+](=O)[O-])cc2)C1c1ccc(F)c(F)c1. The Hall–Kier alpha value is -2.87. The number of morpholine rings is 1. The van der Waals surface area contributed by atoms with Crippen LogP contribution in [0.25, 0.3) is 0 Å². The third-order valence-electron chi connectivity index (χ3n) is 4.35. The number of carbonyl (C=O) groups excluding carboxylic acids is 1. The van der Waals surface area contributed by atoms with E-state index in [4.69, 9.17) is 4.74 Å². The van der Waals surface area contributed by atoms with E-state index >= 15 is 0 Å². The maximum atomic E-state index is 13.8. The first-order chi connectivity index (χ1) is 12.2. The molecule has 1 unspecified atom stereocenters. The van der Waals surface area contributed by atoms with Crippen LogP contribution in [0.4, 0.5) is 20.2 Å². The zero-order valence-corrected chi connectivity index (χ0v) is 14.1. The number of amides is 1. The fourth-order valence-electron chi connectivity index (χ4n) is 3.11. The normalized spacial score (nSPS) is 19.5. The second-order valence-corrected chi connectivity index (χ2v) is 6.51. The molecule has 6 nitrogen and oxygen atoms in total. The van der Waals surface area contributed by atoms with Gasteiger partial charge in [-0.25, -0.2) is 8.78 Å². The van der Waals surface area contributed by atoms with Crippen molar-refractivity contribution in [3.05, 3.63) is 69.8 Å². The number of benzene rings is 2. The number of ether oxygens (including phenoxy) is 1. The highest BCUT2D eigenvalue weighted by Crippen LogP contribution is 2.41. The monoisotopic (exact) mass is 362 g/mol. The summed E-state index contributed by atoms with van der Waals surface area (Å²) in [5.41, 5.74) is -0.231. The average Bonchev–Trinajstić information content (AvgIpc) is 2.59. The highest BCUT2D eigenvalue weighted by Gasteiger charge is 2.44. The molecule has 3 rings (SSSR count). The molecule has 1 atom stereocenters. The van der Waals surface area contributed by atoms with Crippen molar-refractivity contribution in [1.29, 1.82) is 0 Å². The van der Waals surface area contributed by atoms with Crippen molar-refractivity contribution in [2.75, 3.05) is 11.5 Å². The Morgan fingerprint density at radius 2 is 1.81 bits per heavy atom. The number of carbonyl (C=O) groups is 1. The molecular weight excluding hydrogens is 346 g/mol. The third kappa shape index (κ3) is 3.15. The first-order valence-corrected chi connectivity index (χ1v) is 7.86. The van der Waals surface area contributed by atoms with Gasteiger partial charge in [0.15, 0.2) is 11.6 Å². The van der Waals surface area contributed by atoms with Gasteiger partial charge in [0, 0.05) is 17.8 Å². The molecule has 1 amide bonds. The van der Waals surface area contributed by atoms with E-state index < -0.39 is 28.2 Å². The molecule has 1 heterocycles. The molecule has 0 aliphatic carbocycles. The standard InChI is InChI=1S/C18H16F2N2O4/c1-18(2)17(11-3-8-14(19)15(20)9-11)21(16(23)10-26-18)12-4-6-13(7-5-12)22(24)25/h3-9,17H,10H2,1-2H3. The number of nitrogens with zero attached hydrogens (tertiary/aromatic N) is 2. The lowest BCUT2D eigenvalue weighted by Gasteiger charge is -2.46. The van der Waals surface area contributed by atoms with Gasteiger partial charge in [-0.1, -0.05) is 6.07 Å². The van der Waals surface area contributed by atoms with Gasteiger partial charge in [-0.15, -0.1) is 0 Å². The Morgan fingerprint density at radius 3 is 2.38 bits per heavy atom. The molecule has 1 aliphatic heterocycles. The molecule has 1 saturated heterocycles. The van der Waals surface area contributed by atoms with Crippen LogP contribution in [-0.2, 0) is 9.53 Å². The van der Waals surface area contributed by atoms with Gasteiger partial charge in [0.2, 0.25) is 0 Å². The van der Waals surface area contributed by atoms with E-state index in [0.717, 1.165) is 12.1 Å². The van der Waals surface area contributed by atoms with Crippen molar-refractivity contribution in [1.82, 2.24) is 0 Å². The van der Waals surface area contributed by atoms with Gasteiger partial charge in [-0.2, -0.15) is 0 Å². The summed E-state index contributed by atoms with van der Waals surface area (Å²) in [7, 11) is 0. The van der Waals surface area contributed by atoms with Crippen LogP contribution in [0.3, 0.4) is 0 Å². The summed E-state index contributed by atoms with van der Waals surface area (Å²) in [6, 6.07) is 8.15. The number of anilines is 1. The van der Waals surface area contributed by atoms with Crippen molar-refractivity contribution < 1.29 is 23.2 Å². The van der Waals surface area contributed by atoms with Crippen LogP contribution in [0, 0.1) is 21.7 Å². The highest BCUT2D eigenvalue weighted by atomic mass is 19.2. The zero-order valence-electron chi connectivity index (χ0n) is 14.1. The van der Waals surface area contributed by atoms with E-state index in [2.05, 4.69) is 0 Å². The van der Waals surface area contributed by atoms with Gasteiger partial charge in [0.1, 0.15) is 6.61 Å². The molecule has 8 heteroatoms. The number of rotatable bonds is 3. The van der Waals surface area contributed by atoms with Gasteiger partial charge in [0.25, 0.3) is 11.6 Å². The van der Waals surface area contributed by atoms with Gasteiger partial charge < -0.3 is 9.64 Å². The van der Waals surface area contributed by atoms with E-state index in [1.807, 2.05) is 0 Å². The Labute approximate surface area is 148 Å². The molecule has 2 aromatic rings. The Kier molecular flexibility index (Phi) is 4.45. The summed E-state index contributed by atoms with van der Waals surface area (Å²) in [6.45, 7) is 3.29. The van der Waals surface area contributed by atoms with E-state index in [-0.39, 0.29) is 18.2 Å². The molecule has 0 radical (unpaired) electrons. The molecule has 0 bridgehead atoms. The molecule has 0 saturated carbocycles. The fourth-order valence-corrected chi connectivity index (χ4v) is 3.11. The molecule has 0 aromatic heterocycles. The summed E-state index contributed by atoms with van der Waals surface area (Å²) in [5.74, 6) is -2.40. The second kappa shape index (κ2) is 6.45. The van der Waals surface area contributed by atoms with E-state index in [1.54, 1.807) is 13.8 Å². The molecule has 1 fully saturated rings. The van der Waals surface area contributed by atoms with Crippen LogP contribution in [-0.4, -0.2) is 23.0 Å². The Morgan fingerprint density at radius 1 is 1.15 bits per heavy atom. The third-order valence-corrected chi connectivity index (χ3v) is 4.35. The molecular formula is C18H16F2N2O4. The smallest absolute Gasteiger partial charge is 0.269 e. The number of hydrogen-bond donors (Lipinski definition) is 0. The molecule has 0 spiro atoms. The van der Waals surface area contributed by atoms with Crippen molar-refractivity contribution in [3.8, 4) is 0 Å². The van der Waals surface area contributed by atoms with Crippen molar-refractivity contribution in [2.24, 2.45) is 0 Å². The molecule has 2 aromatic carbocycles. The molecule has 26 heavy (non-hydrogen) atoms. The van der Waals surface area contributed by atoms with Gasteiger partial charge in [0.05, 0.1) is 16.6 Å². The summed E-state index contributed by atoms with van der Waals surface area (Å²) in [6.07, 6.45) is 0. The first-order valence-electron chi connectivity index (χ1n) is 7.86. The van der Waals surface area contributed by atoms with Crippen LogP contribution in [0.15, 0.2) is 42.5 Å². The second-order valence-electron chi connectivity index (χ2n) is 6.51. The number of halogens is 2. The van der Waals surface area contributed by atoms with E-state index in [9.17, 15) is 23.7 Å². The largest absolute Gasteiger partial charge is 0.363 e. The van der Waals surface area contributed by atoms with Gasteiger partial charge in [-0.05, 0) is 43.7 Å². The zero-order chi connectivity index (χ0) is 19.1. The molecule has 0 N–H and O–H groups in total. The summed E-state index contributed by atoms with van der Waals surface area (Å²) >= 11 is 0. The molecule has 1 aliphatic rings. The Balaban J connectivity index is 2.10. The van der Waals surface area contributed by atoms with Crippen molar-refractivity contribution >= 4 is 17.3 Å². The van der Waals surface area contributed by atoms with Crippen LogP contribution in [0.5, 0.6) is 0 Å². The lowest BCUT2D eigenvalue weighted by atomic mass is 9.88. The van der Waals surface area contributed by atoms with Crippen LogP contribution in [0.2, 0.25) is 0 Å². The first kappa shape index (κ1) is 17.9. The number of nitro benzene ring substituents is 1. The van der Waals surface area contributed by atoms with E-state index in [0.29, 0.717) is 11.3 Å². The van der Waals surface area contributed by atoms with Crippen LogP contribution < -0.4 is 4.90 Å². The van der Waals surface area contributed by atoms with Gasteiger partial charge in [-0.3, -0.25) is 14.9 Å². The minimum absolute atomic E-state index is 0.113. The van der Waals surface area contributed by atoms with Crippen LogP contribution >= 0.6 is 0 Å². The summed E-state index contributed by atoms with van der Waals surface area (Å²) < 4.78 is 32.7. The fraction of sp³-hybridized carbons (Fsp3) is 0.278. The molecule has 136 valence electrons. The average molecular weight is 362 g/mol. The van der Waals surface area contributed by atoms with Crippen molar-refractivity contribution in [3.63, 3.8) is 0 Å². The highest BCUT2D eigenvalue weighted by molar-refractivity contribution is 5.96. The lowest BCUT2D eigenvalue weighted by Crippen LogP contribution is -2.54. The minimum Gasteiger partial charge on any atom is -0.363 e. The summed E-state index contributed by atoms with van der Waals surface area (Å²) in [5, 5.41) is 10.8. The number of hydrogen-bond acceptors (Lipinski definition) is 4. The topological polar surface area (TPSA) is 72.7 Å². The predicted octanol–water partition coefficient (Wildman–Crippen LogP) is 3.76. The minimum atomic E-state index is -1.03. The van der Waals surface area contributed by atoms with Gasteiger partial charge >= 0.3 is 0 Å². The summed E-state index contributed by atoms with van der Waals surface area (Å²) in [4.78, 5) is 24.2.